The lowest BCUT2D eigenvalue weighted by Gasteiger charge is -2.22. The molecule has 0 aliphatic heterocycles. The highest BCUT2D eigenvalue weighted by atomic mass is 16.3. The van der Waals surface area contributed by atoms with Crippen LogP contribution in [-0.4, -0.2) is 29.9 Å². The van der Waals surface area contributed by atoms with Gasteiger partial charge in [0.25, 0.3) is 0 Å². The Kier molecular flexibility index (Phi) is 16.9. The summed E-state index contributed by atoms with van der Waals surface area (Å²) in [6, 6.07) is 131. The summed E-state index contributed by atoms with van der Waals surface area (Å²) in [5.74, 6) is 2.02. The maximum Gasteiger partial charge on any atom is 0.180 e. The Hall–Kier alpha value is -16.8. The summed E-state index contributed by atoms with van der Waals surface area (Å²) in [4.78, 5) is 30.7. The Morgan fingerprint density at radius 3 is 1.08 bits per heavy atom. The molecular formula is C121H80N6O5. The number of nitrogens with zero attached hydrogens (tertiary/aromatic N) is 6. The van der Waals surface area contributed by atoms with Crippen molar-refractivity contribution in [3.8, 4) is 124 Å². The van der Waals surface area contributed by atoms with Gasteiger partial charge in [0.05, 0.1) is 16.8 Å². The summed E-state index contributed by atoms with van der Waals surface area (Å²) in [6.45, 7) is 13.9. The standard InChI is InChI=1S/C43H28N2O2.C41H28N2O.C37H24N2O2/c1-43(2)33-22-20-28(24-32(33)29-21-23-36-37(38(29)43)30-12-6-8-14-34(30)46-36)25-16-18-27(19-17-25)42-44-39(26-10-4-3-5-11-26)41-40(45-42)31-13-7-9-15-35(31)47-41;1-41(2)33-19-10-9-16-28(33)29-21-23-35-36(37(29)41)30-17-11-18-31(39(30)44-35)40-42-34-22-20-27(25-12-5-3-6-13-25)24-32(34)38(43-40)26-14-7-4-8-15-26;1-37(2)27-18-16-22(20-26(27)23-17-19-30-31(32(23)37)24-12-6-8-14-28(24)40-30)36-38-33(21-10-4-3-5-11-21)35-34(39-36)25-13-7-9-15-29(25)41-35/h3-24H,1-2H3;3-24H,1-2H3;3-20H,1-2H3. The fraction of sp³-hybridized carbons (Fsp3) is 0.0744. The molecular weight excluding hydrogens is 1620 g/mol. The molecule has 8 aromatic heterocycles. The minimum absolute atomic E-state index is 0.144. The van der Waals surface area contributed by atoms with Crippen molar-refractivity contribution in [1.82, 2.24) is 29.9 Å². The van der Waals surface area contributed by atoms with E-state index in [1.807, 2.05) is 103 Å². The molecule has 3 aliphatic rings. The van der Waals surface area contributed by atoms with Gasteiger partial charge in [0.1, 0.15) is 67.1 Å². The second kappa shape index (κ2) is 29.1. The number of rotatable bonds is 8. The molecule has 0 N–H and O–H groups in total. The van der Waals surface area contributed by atoms with Crippen LogP contribution in [0, 0.1) is 0 Å². The highest BCUT2D eigenvalue weighted by Crippen LogP contribution is 2.58. The highest BCUT2D eigenvalue weighted by molar-refractivity contribution is 6.17. The van der Waals surface area contributed by atoms with Crippen LogP contribution in [0.3, 0.4) is 0 Å². The van der Waals surface area contributed by atoms with E-state index >= 15 is 0 Å². The summed E-state index contributed by atoms with van der Waals surface area (Å²) in [6.07, 6.45) is 0. The average molecular weight is 1700 g/mol. The van der Waals surface area contributed by atoms with E-state index in [4.69, 9.17) is 52.0 Å². The molecule has 0 unspecified atom stereocenters. The molecule has 25 aromatic rings. The fourth-order valence-electron chi connectivity index (χ4n) is 21.6. The molecule has 11 heteroatoms. The maximum atomic E-state index is 6.71. The number of furan rings is 5. The van der Waals surface area contributed by atoms with Gasteiger partial charge >= 0.3 is 0 Å². The number of para-hydroxylation sites is 5. The van der Waals surface area contributed by atoms with Crippen molar-refractivity contribution in [1.29, 1.82) is 0 Å². The zero-order chi connectivity index (χ0) is 88.0. The van der Waals surface area contributed by atoms with Gasteiger partial charge < -0.3 is 22.1 Å². The van der Waals surface area contributed by atoms with Gasteiger partial charge in [-0.2, -0.15) is 0 Å². The van der Waals surface area contributed by atoms with Crippen molar-refractivity contribution in [2.24, 2.45) is 0 Å². The van der Waals surface area contributed by atoms with Crippen molar-refractivity contribution >= 4 is 121 Å². The van der Waals surface area contributed by atoms with Crippen LogP contribution in [0.5, 0.6) is 0 Å². The van der Waals surface area contributed by atoms with Crippen LogP contribution < -0.4 is 0 Å². The van der Waals surface area contributed by atoms with Crippen molar-refractivity contribution in [2.45, 2.75) is 57.8 Å². The van der Waals surface area contributed by atoms with Crippen molar-refractivity contribution in [3.05, 3.63) is 409 Å². The molecule has 132 heavy (non-hydrogen) atoms. The van der Waals surface area contributed by atoms with E-state index in [9.17, 15) is 0 Å². The van der Waals surface area contributed by atoms with Gasteiger partial charge in [-0.3, -0.25) is 0 Å². The number of fused-ring (bicyclic) bond motifs is 28. The molecule has 0 atom stereocenters. The zero-order valence-corrected chi connectivity index (χ0v) is 73.0. The van der Waals surface area contributed by atoms with Crippen LogP contribution in [0.15, 0.2) is 398 Å². The van der Waals surface area contributed by atoms with E-state index in [0.717, 1.165) is 150 Å². The minimum atomic E-state index is -0.184. The molecule has 17 aromatic carbocycles. The Bertz CT molecular complexity index is 9110. The summed E-state index contributed by atoms with van der Waals surface area (Å²) < 4.78 is 31.8. The van der Waals surface area contributed by atoms with Crippen LogP contribution in [0.25, 0.3) is 244 Å². The third-order valence-electron chi connectivity index (χ3n) is 27.8. The fourth-order valence-corrected chi connectivity index (χ4v) is 21.6. The molecule has 0 amide bonds. The lowest BCUT2D eigenvalue weighted by atomic mass is 9.80. The number of benzene rings is 17. The average Bonchev–Trinajstić information content (AvgIpc) is 1.23. The molecule has 0 saturated carbocycles. The Morgan fingerprint density at radius 1 is 0.189 bits per heavy atom. The first kappa shape index (κ1) is 76.5. The summed E-state index contributed by atoms with van der Waals surface area (Å²) >= 11 is 0. The zero-order valence-electron chi connectivity index (χ0n) is 73.0. The van der Waals surface area contributed by atoms with Crippen molar-refractivity contribution in [2.75, 3.05) is 0 Å². The molecule has 28 rings (SSSR count). The van der Waals surface area contributed by atoms with Crippen LogP contribution in [0.2, 0.25) is 0 Å². The predicted molar refractivity (Wildman–Crippen MR) is 536 cm³/mol. The molecule has 0 saturated heterocycles. The van der Waals surface area contributed by atoms with E-state index in [0.29, 0.717) is 28.6 Å². The molecule has 0 bridgehead atoms. The Labute approximate surface area is 758 Å². The van der Waals surface area contributed by atoms with Crippen LogP contribution in [0.4, 0.5) is 0 Å². The molecule has 3 aliphatic carbocycles. The van der Waals surface area contributed by atoms with Crippen LogP contribution >= 0.6 is 0 Å². The Morgan fingerprint density at radius 2 is 0.545 bits per heavy atom. The van der Waals surface area contributed by atoms with Gasteiger partial charge in [0, 0.05) is 92.5 Å². The largest absolute Gasteiger partial charge is 0.456 e. The predicted octanol–water partition coefficient (Wildman–Crippen LogP) is 32.3. The van der Waals surface area contributed by atoms with Gasteiger partial charge in [-0.25, -0.2) is 29.9 Å². The van der Waals surface area contributed by atoms with Crippen LogP contribution in [0.1, 0.15) is 74.9 Å². The first-order chi connectivity index (χ1) is 64.7. The SMILES string of the molecule is CC1(C)c2ccc(-c3ccc(-c4nc(-c5ccccc5)c5oc6ccccc6c5n4)cc3)cc2-c2ccc3oc4ccccc4c3c21.CC1(C)c2ccc(-c3nc(-c4ccccc4)c4oc5ccccc5c4n3)cc2-c2ccc3oc4ccccc4c3c21.CC1(C)c2ccccc2-c2ccc3oc4c(-c5nc(-c6ccccc6)c6cc(-c7ccccc7)ccc6n5)cccc4c3c21. The number of aromatic nitrogens is 6. The first-order valence-electron chi connectivity index (χ1n) is 45.0. The van der Waals surface area contributed by atoms with E-state index in [1.165, 1.54) is 99.4 Å². The monoisotopic (exact) mass is 1700 g/mol. The van der Waals surface area contributed by atoms with Gasteiger partial charge in [-0.15, -0.1) is 0 Å². The second-order valence-corrected chi connectivity index (χ2v) is 36.5. The molecule has 11 nitrogen and oxygen atoms in total. The molecule has 8 heterocycles. The minimum Gasteiger partial charge on any atom is -0.456 e. The molecule has 624 valence electrons. The van der Waals surface area contributed by atoms with E-state index in [1.54, 1.807) is 0 Å². The van der Waals surface area contributed by atoms with Crippen molar-refractivity contribution < 1.29 is 22.1 Å². The van der Waals surface area contributed by atoms with E-state index in [2.05, 4.69) is 315 Å². The maximum absolute atomic E-state index is 6.71. The van der Waals surface area contributed by atoms with Crippen molar-refractivity contribution in [3.63, 3.8) is 0 Å². The quantitative estimate of drug-likeness (QED) is 0.143. The molecule has 0 radical (unpaired) electrons. The van der Waals surface area contributed by atoms with Crippen LogP contribution in [-0.2, 0) is 16.2 Å². The first-order valence-corrected chi connectivity index (χ1v) is 45.0. The topological polar surface area (TPSA) is 143 Å². The smallest absolute Gasteiger partial charge is 0.180 e. The van der Waals surface area contributed by atoms with Gasteiger partial charge in [0.2, 0.25) is 0 Å². The summed E-state index contributed by atoms with van der Waals surface area (Å²) in [5.41, 5.74) is 39.2. The summed E-state index contributed by atoms with van der Waals surface area (Å²) in [7, 11) is 0. The lowest BCUT2D eigenvalue weighted by molar-refractivity contribution is 0.657. The van der Waals surface area contributed by atoms with Gasteiger partial charge in [0.15, 0.2) is 28.6 Å². The molecule has 0 spiro atoms. The van der Waals surface area contributed by atoms with Gasteiger partial charge in [-0.1, -0.05) is 333 Å². The second-order valence-electron chi connectivity index (χ2n) is 36.5. The van der Waals surface area contributed by atoms with E-state index < -0.39 is 0 Å². The number of hydrogen-bond donors (Lipinski definition) is 0. The van der Waals surface area contributed by atoms with Gasteiger partial charge in [-0.05, 0) is 174 Å². The third-order valence-corrected chi connectivity index (χ3v) is 27.8. The number of hydrogen-bond acceptors (Lipinski definition) is 11. The summed E-state index contributed by atoms with van der Waals surface area (Å²) in [5, 5.41) is 10.0. The highest BCUT2D eigenvalue weighted by Gasteiger charge is 2.42. The Balaban J connectivity index is 0.000000104. The lowest BCUT2D eigenvalue weighted by Crippen LogP contribution is -2.15. The van der Waals surface area contributed by atoms with E-state index in [-0.39, 0.29) is 16.2 Å². The third kappa shape index (κ3) is 11.8. The normalized spacial score (nSPS) is 13.6. The molecule has 0 fully saturated rings.